The standard InChI is InChI=1S/C16H18BrF3O/c1-2-10-4-3-5-11(8-10)15(21)13-7-6-12(17)9-14(13)16(18,19)20/h6-7,9-11H,2-5,8H2,1H3. The van der Waals surface area contributed by atoms with Crippen LogP contribution in [0.1, 0.15) is 54.9 Å². The molecule has 1 aromatic carbocycles. The molecule has 2 unspecified atom stereocenters. The van der Waals surface area contributed by atoms with Gasteiger partial charge in [0.15, 0.2) is 5.78 Å². The van der Waals surface area contributed by atoms with Gasteiger partial charge in [-0.15, -0.1) is 0 Å². The van der Waals surface area contributed by atoms with Gasteiger partial charge in [-0.25, -0.2) is 0 Å². The number of benzene rings is 1. The maximum absolute atomic E-state index is 13.1. The van der Waals surface area contributed by atoms with Crippen molar-refractivity contribution in [3.63, 3.8) is 0 Å². The quantitative estimate of drug-likeness (QED) is 0.614. The van der Waals surface area contributed by atoms with E-state index in [1.807, 2.05) is 0 Å². The second-order valence-corrected chi connectivity index (χ2v) is 6.61. The van der Waals surface area contributed by atoms with Crippen LogP contribution in [-0.2, 0) is 6.18 Å². The highest BCUT2D eigenvalue weighted by Gasteiger charge is 2.37. The van der Waals surface area contributed by atoms with Crippen molar-refractivity contribution in [2.45, 2.75) is 45.2 Å². The first kappa shape index (κ1) is 16.5. The highest BCUT2D eigenvalue weighted by atomic mass is 79.9. The molecule has 1 saturated carbocycles. The molecule has 2 atom stereocenters. The Morgan fingerprint density at radius 2 is 2.05 bits per heavy atom. The third kappa shape index (κ3) is 3.87. The van der Waals surface area contributed by atoms with Gasteiger partial charge in [-0.3, -0.25) is 4.79 Å². The molecule has 0 aliphatic heterocycles. The van der Waals surface area contributed by atoms with Crippen LogP contribution in [-0.4, -0.2) is 5.78 Å². The minimum atomic E-state index is -4.51. The number of hydrogen-bond acceptors (Lipinski definition) is 1. The van der Waals surface area contributed by atoms with E-state index < -0.39 is 11.7 Å². The molecule has 0 spiro atoms. The van der Waals surface area contributed by atoms with Gasteiger partial charge in [0, 0.05) is 16.0 Å². The van der Waals surface area contributed by atoms with E-state index in [9.17, 15) is 18.0 Å². The fourth-order valence-corrected chi connectivity index (χ4v) is 3.45. The molecule has 116 valence electrons. The van der Waals surface area contributed by atoms with Crippen molar-refractivity contribution in [2.75, 3.05) is 0 Å². The van der Waals surface area contributed by atoms with E-state index in [0.29, 0.717) is 23.2 Å². The van der Waals surface area contributed by atoms with Crippen molar-refractivity contribution in [2.24, 2.45) is 11.8 Å². The summed E-state index contributed by atoms with van der Waals surface area (Å²) in [5.74, 6) is -0.170. The Balaban J connectivity index is 2.31. The zero-order valence-electron chi connectivity index (χ0n) is 11.8. The molecule has 0 aromatic heterocycles. The third-order valence-electron chi connectivity index (χ3n) is 4.28. The summed E-state index contributed by atoms with van der Waals surface area (Å²) < 4.78 is 39.7. The zero-order chi connectivity index (χ0) is 15.6. The lowest BCUT2D eigenvalue weighted by atomic mass is 9.76. The fourth-order valence-electron chi connectivity index (χ4n) is 3.09. The molecule has 1 aliphatic carbocycles. The largest absolute Gasteiger partial charge is 0.417 e. The van der Waals surface area contributed by atoms with Gasteiger partial charge >= 0.3 is 6.18 Å². The summed E-state index contributed by atoms with van der Waals surface area (Å²) in [6.45, 7) is 2.07. The number of alkyl halides is 3. The number of rotatable bonds is 3. The van der Waals surface area contributed by atoms with Crippen LogP contribution in [0.4, 0.5) is 13.2 Å². The van der Waals surface area contributed by atoms with Crippen LogP contribution in [0.2, 0.25) is 0 Å². The van der Waals surface area contributed by atoms with Gasteiger partial charge in [0.1, 0.15) is 0 Å². The van der Waals surface area contributed by atoms with Gasteiger partial charge in [-0.2, -0.15) is 13.2 Å². The van der Waals surface area contributed by atoms with Crippen LogP contribution in [0.25, 0.3) is 0 Å². The number of ketones is 1. The molecule has 0 bridgehead atoms. The molecular weight excluding hydrogens is 345 g/mol. The molecule has 1 aliphatic rings. The van der Waals surface area contributed by atoms with E-state index in [0.717, 1.165) is 25.3 Å². The monoisotopic (exact) mass is 362 g/mol. The summed E-state index contributed by atoms with van der Waals surface area (Å²) in [6, 6.07) is 3.79. The van der Waals surface area contributed by atoms with Crippen LogP contribution >= 0.6 is 15.9 Å². The summed E-state index contributed by atoms with van der Waals surface area (Å²) in [4.78, 5) is 12.5. The minimum Gasteiger partial charge on any atom is -0.294 e. The van der Waals surface area contributed by atoms with Crippen LogP contribution < -0.4 is 0 Å². The zero-order valence-corrected chi connectivity index (χ0v) is 13.4. The van der Waals surface area contributed by atoms with Crippen LogP contribution in [0.5, 0.6) is 0 Å². The lowest BCUT2D eigenvalue weighted by Crippen LogP contribution is -2.25. The maximum atomic E-state index is 13.1. The van der Waals surface area contributed by atoms with Gasteiger partial charge in [-0.05, 0) is 37.0 Å². The van der Waals surface area contributed by atoms with E-state index in [-0.39, 0.29) is 17.3 Å². The second kappa shape index (κ2) is 6.51. The van der Waals surface area contributed by atoms with Crippen molar-refractivity contribution in [3.8, 4) is 0 Å². The van der Waals surface area contributed by atoms with E-state index in [2.05, 4.69) is 22.9 Å². The predicted octanol–water partition coefficient (Wildman–Crippen LogP) is 5.87. The highest BCUT2D eigenvalue weighted by Crippen LogP contribution is 2.38. The molecule has 1 aromatic rings. The van der Waals surface area contributed by atoms with Gasteiger partial charge in [0.25, 0.3) is 0 Å². The Labute approximate surface area is 131 Å². The summed E-state index contributed by atoms with van der Waals surface area (Å²) in [6.07, 6.45) is -0.116. The Kier molecular flexibility index (Phi) is 5.12. The number of hydrogen-bond donors (Lipinski definition) is 0. The summed E-state index contributed by atoms with van der Waals surface area (Å²) in [5.41, 5.74) is -1.02. The fraction of sp³-hybridized carbons (Fsp3) is 0.562. The van der Waals surface area contributed by atoms with Crippen LogP contribution in [0, 0.1) is 11.8 Å². The average molecular weight is 363 g/mol. The first-order valence-electron chi connectivity index (χ1n) is 7.24. The molecule has 0 saturated heterocycles. The molecule has 0 amide bonds. The van der Waals surface area contributed by atoms with Crippen molar-refractivity contribution in [3.05, 3.63) is 33.8 Å². The molecule has 2 rings (SSSR count). The van der Waals surface area contributed by atoms with Gasteiger partial charge < -0.3 is 0 Å². The Morgan fingerprint density at radius 1 is 1.33 bits per heavy atom. The Hall–Kier alpha value is -0.840. The molecule has 21 heavy (non-hydrogen) atoms. The molecule has 0 heterocycles. The van der Waals surface area contributed by atoms with Crippen molar-refractivity contribution in [1.29, 1.82) is 0 Å². The number of Topliss-reactive ketones (excluding diaryl/α,β-unsaturated/α-hetero) is 1. The summed E-state index contributed by atoms with van der Waals surface area (Å²) in [5, 5.41) is 0. The number of halogens is 4. The lowest BCUT2D eigenvalue weighted by Gasteiger charge is -2.28. The first-order chi connectivity index (χ1) is 9.82. The lowest BCUT2D eigenvalue weighted by molar-refractivity contribution is -0.138. The molecular formula is C16H18BrF3O. The second-order valence-electron chi connectivity index (χ2n) is 5.69. The minimum absolute atomic E-state index is 0.188. The van der Waals surface area contributed by atoms with E-state index in [1.165, 1.54) is 12.1 Å². The van der Waals surface area contributed by atoms with Crippen LogP contribution in [0.3, 0.4) is 0 Å². The van der Waals surface area contributed by atoms with Crippen molar-refractivity contribution >= 4 is 21.7 Å². The molecule has 1 nitrogen and oxygen atoms in total. The Morgan fingerprint density at radius 3 is 2.67 bits per heavy atom. The predicted molar refractivity (Wildman–Crippen MR) is 79.2 cm³/mol. The topological polar surface area (TPSA) is 17.1 Å². The first-order valence-corrected chi connectivity index (χ1v) is 8.03. The Bertz CT molecular complexity index is 525. The normalized spacial score (nSPS) is 23.1. The molecule has 1 fully saturated rings. The molecule has 0 radical (unpaired) electrons. The third-order valence-corrected chi connectivity index (χ3v) is 4.78. The highest BCUT2D eigenvalue weighted by molar-refractivity contribution is 9.10. The average Bonchev–Trinajstić information content (AvgIpc) is 2.45. The van der Waals surface area contributed by atoms with Crippen molar-refractivity contribution < 1.29 is 18.0 Å². The number of carbonyl (C=O) groups is 1. The summed E-state index contributed by atoms with van der Waals surface area (Å²) in [7, 11) is 0. The van der Waals surface area contributed by atoms with Gasteiger partial charge in [-0.1, -0.05) is 42.1 Å². The van der Waals surface area contributed by atoms with Gasteiger partial charge in [0.05, 0.1) is 5.56 Å². The van der Waals surface area contributed by atoms with Crippen LogP contribution in [0.15, 0.2) is 22.7 Å². The molecule has 0 N–H and O–H groups in total. The number of carbonyl (C=O) groups excluding carboxylic acids is 1. The van der Waals surface area contributed by atoms with Crippen molar-refractivity contribution in [1.82, 2.24) is 0 Å². The van der Waals surface area contributed by atoms with Gasteiger partial charge in [0.2, 0.25) is 0 Å². The summed E-state index contributed by atoms with van der Waals surface area (Å²) >= 11 is 3.04. The maximum Gasteiger partial charge on any atom is 0.417 e. The SMILES string of the molecule is CCC1CCCC(C(=O)c2ccc(Br)cc2C(F)(F)F)C1. The smallest absolute Gasteiger partial charge is 0.294 e. The molecule has 5 heteroatoms. The van der Waals surface area contributed by atoms with E-state index in [4.69, 9.17) is 0 Å². The van der Waals surface area contributed by atoms with E-state index in [1.54, 1.807) is 0 Å². The van der Waals surface area contributed by atoms with E-state index >= 15 is 0 Å².